The predicted octanol–water partition coefficient (Wildman–Crippen LogP) is 4.45. The van der Waals surface area contributed by atoms with Crippen LogP contribution in [0, 0.1) is 5.41 Å². The van der Waals surface area contributed by atoms with E-state index in [1.165, 1.54) is 19.3 Å². The molecule has 4 rings (SSSR count). The second kappa shape index (κ2) is 8.92. The third-order valence-electron chi connectivity index (χ3n) is 5.75. The van der Waals surface area contributed by atoms with E-state index in [-0.39, 0.29) is 6.54 Å². The lowest BCUT2D eigenvalue weighted by molar-refractivity contribution is 0.155. The number of aliphatic hydroxyl groups excluding tert-OH is 1. The summed E-state index contributed by atoms with van der Waals surface area (Å²) >= 11 is 12.1. The van der Waals surface area contributed by atoms with Gasteiger partial charge >= 0.3 is 0 Å². The van der Waals surface area contributed by atoms with Gasteiger partial charge in [-0.1, -0.05) is 47.8 Å². The summed E-state index contributed by atoms with van der Waals surface area (Å²) in [5.41, 5.74) is 3.07. The van der Waals surface area contributed by atoms with Crippen molar-refractivity contribution in [3.8, 4) is 0 Å². The normalized spacial score (nSPS) is 16.4. The zero-order valence-corrected chi connectivity index (χ0v) is 17.8. The van der Waals surface area contributed by atoms with E-state index in [1.807, 2.05) is 33.4 Å². The van der Waals surface area contributed by atoms with Crippen molar-refractivity contribution in [2.24, 2.45) is 0 Å². The third kappa shape index (κ3) is 4.38. The molecule has 0 amide bonds. The summed E-state index contributed by atoms with van der Waals surface area (Å²) in [5, 5.41) is 20.4. The Morgan fingerprint density at radius 3 is 2.28 bits per heavy atom. The number of rotatable bonds is 6. The van der Waals surface area contributed by atoms with Gasteiger partial charge in [-0.3, -0.25) is 5.41 Å². The molecule has 1 aliphatic heterocycles. The van der Waals surface area contributed by atoms with Crippen LogP contribution in [0.15, 0.2) is 42.5 Å². The molecule has 0 bridgehead atoms. The van der Waals surface area contributed by atoms with Gasteiger partial charge < -0.3 is 19.1 Å². The molecule has 2 aromatic carbocycles. The molecule has 2 N–H and O–H groups in total. The molecule has 7 heteroatoms. The molecule has 0 unspecified atom stereocenters. The second-order valence-corrected chi connectivity index (χ2v) is 8.48. The first-order valence-electron chi connectivity index (χ1n) is 10.1. The van der Waals surface area contributed by atoms with E-state index in [4.69, 9.17) is 28.6 Å². The molecule has 0 aliphatic carbocycles. The largest absolute Gasteiger partial charge is 0.387 e. The van der Waals surface area contributed by atoms with Crippen molar-refractivity contribution in [2.75, 3.05) is 19.6 Å². The third-order valence-corrected chi connectivity index (χ3v) is 6.49. The zero-order valence-electron chi connectivity index (χ0n) is 16.3. The van der Waals surface area contributed by atoms with Gasteiger partial charge in [-0.2, -0.15) is 0 Å². The number of likely N-dealkylation sites (tertiary alicyclic amines) is 1. The molecule has 1 atom stereocenters. The minimum Gasteiger partial charge on any atom is -0.387 e. The Morgan fingerprint density at radius 1 is 0.897 bits per heavy atom. The fraction of sp³-hybridized carbons (Fsp3) is 0.409. The summed E-state index contributed by atoms with van der Waals surface area (Å²) in [6.07, 6.45) is 3.06. The fourth-order valence-electron chi connectivity index (χ4n) is 4.13. The van der Waals surface area contributed by atoms with Crippen molar-refractivity contribution < 1.29 is 5.11 Å². The Labute approximate surface area is 180 Å². The number of fused-ring (bicyclic) bond motifs is 1. The molecule has 0 spiro atoms. The van der Waals surface area contributed by atoms with Crippen LogP contribution in [0.2, 0.25) is 10.0 Å². The number of halogens is 2. The van der Waals surface area contributed by atoms with Crippen molar-refractivity contribution in [2.45, 2.75) is 38.5 Å². The zero-order chi connectivity index (χ0) is 20.4. The van der Waals surface area contributed by atoms with Gasteiger partial charge in [0.1, 0.15) is 0 Å². The molecule has 3 aromatic rings. The van der Waals surface area contributed by atoms with Gasteiger partial charge in [-0.15, -0.1) is 0 Å². The van der Waals surface area contributed by atoms with E-state index in [2.05, 4.69) is 4.90 Å². The fourth-order valence-corrected chi connectivity index (χ4v) is 4.43. The minimum absolute atomic E-state index is 0.286. The number of aliphatic hydroxyl groups is 1. The maximum Gasteiger partial charge on any atom is 0.203 e. The van der Waals surface area contributed by atoms with Gasteiger partial charge in [0, 0.05) is 13.1 Å². The van der Waals surface area contributed by atoms with Crippen LogP contribution in [0.1, 0.15) is 30.9 Å². The highest BCUT2D eigenvalue weighted by Crippen LogP contribution is 2.27. The Morgan fingerprint density at radius 2 is 1.59 bits per heavy atom. The van der Waals surface area contributed by atoms with Crippen LogP contribution in [-0.2, 0) is 13.1 Å². The van der Waals surface area contributed by atoms with Gasteiger partial charge in [0.25, 0.3) is 0 Å². The number of nitrogens with one attached hydrogen (secondary N) is 1. The average molecular weight is 433 g/mol. The lowest BCUT2D eigenvalue weighted by atomic mass is 10.1. The minimum atomic E-state index is -0.778. The first-order valence-corrected chi connectivity index (χ1v) is 10.9. The van der Waals surface area contributed by atoms with Crippen LogP contribution < -0.4 is 5.62 Å². The van der Waals surface area contributed by atoms with Crippen molar-refractivity contribution >= 4 is 34.2 Å². The highest BCUT2D eigenvalue weighted by atomic mass is 35.5. The molecule has 1 aromatic heterocycles. The van der Waals surface area contributed by atoms with Crippen molar-refractivity contribution in [1.29, 1.82) is 5.41 Å². The monoisotopic (exact) mass is 432 g/mol. The quantitative estimate of drug-likeness (QED) is 0.604. The van der Waals surface area contributed by atoms with Gasteiger partial charge in [-0.05, 0) is 55.8 Å². The molecule has 1 aliphatic rings. The van der Waals surface area contributed by atoms with Crippen molar-refractivity contribution in [1.82, 2.24) is 14.0 Å². The molecule has 1 saturated heterocycles. The number of nitrogens with zero attached hydrogens (tertiary/aromatic N) is 3. The number of aromatic nitrogens is 2. The van der Waals surface area contributed by atoms with Gasteiger partial charge in [0.2, 0.25) is 5.62 Å². The topological polar surface area (TPSA) is 57.2 Å². The molecule has 0 saturated carbocycles. The summed E-state index contributed by atoms with van der Waals surface area (Å²) in [6, 6.07) is 13.2. The summed E-state index contributed by atoms with van der Waals surface area (Å²) < 4.78 is 3.92. The first-order chi connectivity index (χ1) is 14.0. The van der Waals surface area contributed by atoms with Crippen LogP contribution in [0.5, 0.6) is 0 Å². The molecule has 1 fully saturated rings. The van der Waals surface area contributed by atoms with E-state index >= 15 is 0 Å². The summed E-state index contributed by atoms with van der Waals surface area (Å²) in [7, 11) is 0. The predicted molar refractivity (Wildman–Crippen MR) is 117 cm³/mol. The van der Waals surface area contributed by atoms with Crippen LogP contribution in [-0.4, -0.2) is 38.8 Å². The van der Waals surface area contributed by atoms with E-state index in [0.717, 1.165) is 37.2 Å². The van der Waals surface area contributed by atoms with E-state index in [9.17, 15) is 5.11 Å². The first kappa shape index (κ1) is 20.5. The summed E-state index contributed by atoms with van der Waals surface area (Å²) in [4.78, 5) is 2.48. The lowest BCUT2D eigenvalue weighted by Crippen LogP contribution is -2.35. The number of benzene rings is 2. The summed E-state index contributed by atoms with van der Waals surface area (Å²) in [5.74, 6) is 0. The van der Waals surface area contributed by atoms with Gasteiger partial charge in [-0.25, -0.2) is 0 Å². The van der Waals surface area contributed by atoms with Crippen molar-refractivity contribution in [3.05, 3.63) is 63.7 Å². The molecule has 0 radical (unpaired) electrons. The van der Waals surface area contributed by atoms with Gasteiger partial charge in [0.05, 0.1) is 33.7 Å². The number of imidazole rings is 1. The second-order valence-electron chi connectivity index (χ2n) is 7.67. The van der Waals surface area contributed by atoms with E-state index in [1.54, 1.807) is 18.2 Å². The standard InChI is InChI=1S/C22H26Cl2N4O/c23-17-9-8-16(14-18(17)24)21(29)15-28-20-7-3-2-6-19(20)27(22(28)25)13-12-26-10-4-1-5-11-26/h2-3,6-9,14,21,25,29H,1,4-5,10-13,15H2/t21-/m1/s1. The Hall–Kier alpha value is -1.79. The van der Waals surface area contributed by atoms with Crippen LogP contribution in [0.25, 0.3) is 11.0 Å². The highest BCUT2D eigenvalue weighted by Gasteiger charge is 2.17. The number of hydrogen-bond acceptors (Lipinski definition) is 3. The molecule has 5 nitrogen and oxygen atoms in total. The van der Waals surface area contributed by atoms with E-state index < -0.39 is 6.10 Å². The lowest BCUT2D eigenvalue weighted by Gasteiger charge is -2.26. The Bertz CT molecular complexity index is 1050. The Balaban J connectivity index is 1.61. The van der Waals surface area contributed by atoms with Crippen LogP contribution in [0.3, 0.4) is 0 Å². The van der Waals surface area contributed by atoms with Crippen molar-refractivity contribution in [3.63, 3.8) is 0 Å². The number of para-hydroxylation sites is 2. The maximum absolute atomic E-state index is 10.8. The molecule has 29 heavy (non-hydrogen) atoms. The van der Waals surface area contributed by atoms with Crippen LogP contribution in [0.4, 0.5) is 0 Å². The maximum atomic E-state index is 10.8. The smallest absolute Gasteiger partial charge is 0.203 e. The molecule has 154 valence electrons. The highest BCUT2D eigenvalue weighted by molar-refractivity contribution is 6.42. The van der Waals surface area contributed by atoms with Crippen LogP contribution >= 0.6 is 23.2 Å². The summed E-state index contributed by atoms with van der Waals surface area (Å²) in [6.45, 7) is 4.29. The van der Waals surface area contributed by atoms with E-state index in [0.29, 0.717) is 21.2 Å². The number of piperidine rings is 1. The van der Waals surface area contributed by atoms with Gasteiger partial charge in [0.15, 0.2) is 0 Å². The Kier molecular flexibility index (Phi) is 6.30. The SMILES string of the molecule is N=c1n(CCN2CCCCC2)c2ccccc2n1C[C@@H](O)c1ccc(Cl)c(Cl)c1. The molecule has 2 heterocycles. The number of hydrogen-bond donors (Lipinski definition) is 2. The average Bonchev–Trinajstić information content (AvgIpc) is 3.00. The molecular formula is C22H26Cl2N4O. The molecular weight excluding hydrogens is 407 g/mol.